The van der Waals surface area contributed by atoms with Crippen LogP contribution in [0.1, 0.15) is 12.5 Å². The van der Waals surface area contributed by atoms with E-state index in [9.17, 15) is 0 Å². The molecule has 0 spiro atoms. The van der Waals surface area contributed by atoms with Crippen LogP contribution in [-0.2, 0) is 0 Å². The molecule has 0 saturated carbocycles. The van der Waals surface area contributed by atoms with Crippen molar-refractivity contribution in [3.8, 4) is 0 Å². The molecule has 5 heteroatoms. The molecule has 0 bridgehead atoms. The summed E-state index contributed by atoms with van der Waals surface area (Å²) in [6.07, 6.45) is 3.68. The molecule has 1 aromatic rings. The van der Waals surface area contributed by atoms with Crippen LogP contribution >= 0.6 is 11.8 Å². The highest BCUT2D eigenvalue weighted by atomic mass is 32.2. The monoisotopic (exact) mass is 226 g/mol. The second-order valence-corrected chi connectivity index (χ2v) is 4.65. The zero-order valence-corrected chi connectivity index (χ0v) is 10.5. The molecule has 1 rings (SSSR count). The minimum atomic E-state index is 0.581. The lowest BCUT2D eigenvalue weighted by atomic mass is 10.3. The summed E-state index contributed by atoms with van der Waals surface area (Å²) in [6.45, 7) is 5.12. The van der Waals surface area contributed by atoms with E-state index in [-0.39, 0.29) is 0 Å². The van der Waals surface area contributed by atoms with Gasteiger partial charge in [-0.3, -0.25) is 0 Å². The van der Waals surface area contributed by atoms with Crippen LogP contribution in [0.2, 0.25) is 0 Å². The number of hydrogen-bond donors (Lipinski definition) is 2. The Hall–Kier alpha value is -0.970. The van der Waals surface area contributed by atoms with E-state index < -0.39 is 0 Å². The number of rotatable bonds is 5. The van der Waals surface area contributed by atoms with Crippen molar-refractivity contribution in [2.24, 2.45) is 0 Å². The van der Waals surface area contributed by atoms with E-state index in [1.54, 1.807) is 6.33 Å². The second kappa shape index (κ2) is 5.80. The molecule has 84 valence electrons. The molecule has 1 atom stereocenters. The zero-order chi connectivity index (χ0) is 11.3. The number of aromatic nitrogens is 2. The van der Waals surface area contributed by atoms with Crippen molar-refractivity contribution < 1.29 is 0 Å². The fourth-order valence-electron chi connectivity index (χ4n) is 1.20. The fourth-order valence-corrected chi connectivity index (χ4v) is 1.45. The first kappa shape index (κ1) is 12.1. The molecular formula is C10H18N4S. The first-order chi connectivity index (χ1) is 7.19. The fraction of sp³-hybridized carbons (Fsp3) is 0.600. The van der Waals surface area contributed by atoms with Gasteiger partial charge in [-0.15, -0.1) is 0 Å². The van der Waals surface area contributed by atoms with Gasteiger partial charge in [0.1, 0.15) is 18.0 Å². The van der Waals surface area contributed by atoms with Gasteiger partial charge >= 0.3 is 0 Å². The summed E-state index contributed by atoms with van der Waals surface area (Å²) in [7, 11) is 1.86. The van der Waals surface area contributed by atoms with Crippen LogP contribution in [0.15, 0.2) is 6.33 Å². The summed E-state index contributed by atoms with van der Waals surface area (Å²) in [4.78, 5) is 8.36. The van der Waals surface area contributed by atoms with Gasteiger partial charge in [0.15, 0.2) is 0 Å². The van der Waals surface area contributed by atoms with Crippen molar-refractivity contribution in [3.05, 3.63) is 11.9 Å². The average molecular weight is 226 g/mol. The van der Waals surface area contributed by atoms with E-state index >= 15 is 0 Å². The third-order valence-electron chi connectivity index (χ3n) is 2.28. The van der Waals surface area contributed by atoms with Crippen LogP contribution in [0, 0.1) is 6.92 Å². The van der Waals surface area contributed by atoms with Gasteiger partial charge in [0, 0.05) is 24.4 Å². The van der Waals surface area contributed by atoms with Gasteiger partial charge in [-0.05, 0) is 13.2 Å². The Morgan fingerprint density at radius 3 is 2.67 bits per heavy atom. The largest absolute Gasteiger partial charge is 0.373 e. The molecule has 1 heterocycles. The molecule has 15 heavy (non-hydrogen) atoms. The Morgan fingerprint density at radius 2 is 2.07 bits per heavy atom. The van der Waals surface area contributed by atoms with E-state index in [0.717, 1.165) is 23.7 Å². The summed E-state index contributed by atoms with van der Waals surface area (Å²) in [6, 6.07) is 0. The van der Waals surface area contributed by atoms with Gasteiger partial charge < -0.3 is 10.6 Å². The smallest absolute Gasteiger partial charge is 0.134 e. The molecule has 2 N–H and O–H groups in total. The molecule has 4 nitrogen and oxygen atoms in total. The van der Waals surface area contributed by atoms with Crippen LogP contribution in [0.4, 0.5) is 11.6 Å². The summed E-state index contributed by atoms with van der Waals surface area (Å²) >= 11 is 1.84. The molecule has 0 aliphatic carbocycles. The average Bonchev–Trinajstić information content (AvgIpc) is 2.27. The van der Waals surface area contributed by atoms with Gasteiger partial charge in [0.2, 0.25) is 0 Å². The first-order valence-electron chi connectivity index (χ1n) is 4.95. The van der Waals surface area contributed by atoms with E-state index in [1.807, 2.05) is 25.7 Å². The Labute approximate surface area is 95.3 Å². The van der Waals surface area contributed by atoms with Gasteiger partial charge in [0.05, 0.1) is 0 Å². The number of anilines is 2. The molecule has 0 aliphatic heterocycles. The molecule has 0 saturated heterocycles. The van der Waals surface area contributed by atoms with E-state index in [2.05, 4.69) is 33.8 Å². The normalized spacial score (nSPS) is 12.3. The Balaban J connectivity index is 2.68. The van der Waals surface area contributed by atoms with Crippen molar-refractivity contribution in [2.75, 3.05) is 30.5 Å². The molecule has 0 radical (unpaired) electrons. The van der Waals surface area contributed by atoms with Crippen LogP contribution in [0.5, 0.6) is 0 Å². The minimum absolute atomic E-state index is 0.581. The molecule has 0 aliphatic rings. The topological polar surface area (TPSA) is 49.8 Å². The standard InChI is InChI=1S/C10H18N4S/c1-7(15-4)5-12-10-8(2)9(11-3)13-6-14-10/h6-7H,5H2,1-4H3,(H2,11,12,13,14). The lowest BCUT2D eigenvalue weighted by Gasteiger charge is -2.13. The Morgan fingerprint density at radius 1 is 1.40 bits per heavy atom. The van der Waals surface area contributed by atoms with Crippen molar-refractivity contribution in [2.45, 2.75) is 19.1 Å². The van der Waals surface area contributed by atoms with Crippen molar-refractivity contribution >= 4 is 23.4 Å². The number of thioether (sulfide) groups is 1. The van der Waals surface area contributed by atoms with Gasteiger partial charge in [-0.2, -0.15) is 11.8 Å². The summed E-state index contributed by atoms with van der Waals surface area (Å²) in [5.74, 6) is 1.79. The van der Waals surface area contributed by atoms with Crippen LogP contribution < -0.4 is 10.6 Å². The maximum Gasteiger partial charge on any atom is 0.134 e. The quantitative estimate of drug-likeness (QED) is 0.804. The lowest BCUT2D eigenvalue weighted by Crippen LogP contribution is -2.15. The first-order valence-corrected chi connectivity index (χ1v) is 6.23. The number of hydrogen-bond acceptors (Lipinski definition) is 5. The SMILES string of the molecule is CNc1ncnc(NCC(C)SC)c1C. The van der Waals surface area contributed by atoms with E-state index in [0.29, 0.717) is 5.25 Å². The zero-order valence-electron chi connectivity index (χ0n) is 9.66. The summed E-state index contributed by atoms with van der Waals surface area (Å²) in [5.41, 5.74) is 1.06. The van der Waals surface area contributed by atoms with Crippen molar-refractivity contribution in [3.63, 3.8) is 0 Å². The van der Waals surface area contributed by atoms with Gasteiger partial charge in [0.25, 0.3) is 0 Å². The van der Waals surface area contributed by atoms with Crippen LogP contribution in [0.25, 0.3) is 0 Å². The maximum atomic E-state index is 4.22. The highest BCUT2D eigenvalue weighted by molar-refractivity contribution is 7.99. The molecule has 1 aromatic heterocycles. The third-order valence-corrected chi connectivity index (χ3v) is 3.25. The summed E-state index contributed by atoms with van der Waals surface area (Å²) in [5, 5.41) is 6.95. The highest BCUT2D eigenvalue weighted by Gasteiger charge is 2.06. The Bertz CT molecular complexity index is 316. The van der Waals surface area contributed by atoms with Crippen LogP contribution in [0.3, 0.4) is 0 Å². The second-order valence-electron chi connectivity index (χ2n) is 3.37. The van der Waals surface area contributed by atoms with Crippen molar-refractivity contribution in [1.29, 1.82) is 0 Å². The number of nitrogens with one attached hydrogen (secondary N) is 2. The molecule has 0 amide bonds. The molecular weight excluding hydrogens is 208 g/mol. The van der Waals surface area contributed by atoms with E-state index in [1.165, 1.54) is 0 Å². The molecule has 0 fully saturated rings. The van der Waals surface area contributed by atoms with Crippen LogP contribution in [-0.4, -0.2) is 35.1 Å². The minimum Gasteiger partial charge on any atom is -0.373 e. The Kier molecular flexibility index (Phi) is 4.68. The lowest BCUT2D eigenvalue weighted by molar-refractivity contribution is 0.979. The predicted octanol–water partition coefficient (Wildman–Crippen LogP) is 1.99. The predicted molar refractivity (Wildman–Crippen MR) is 67.8 cm³/mol. The molecule has 0 aromatic carbocycles. The summed E-state index contributed by atoms with van der Waals surface area (Å²) < 4.78 is 0. The maximum absolute atomic E-state index is 4.22. The number of nitrogens with zero attached hydrogens (tertiary/aromatic N) is 2. The van der Waals surface area contributed by atoms with Gasteiger partial charge in [-0.25, -0.2) is 9.97 Å². The van der Waals surface area contributed by atoms with Gasteiger partial charge in [-0.1, -0.05) is 6.92 Å². The molecule has 1 unspecified atom stereocenters. The highest BCUT2D eigenvalue weighted by Crippen LogP contribution is 2.18. The van der Waals surface area contributed by atoms with Crippen molar-refractivity contribution in [1.82, 2.24) is 9.97 Å². The van der Waals surface area contributed by atoms with E-state index in [4.69, 9.17) is 0 Å². The third kappa shape index (κ3) is 3.27.